The van der Waals surface area contributed by atoms with E-state index in [-0.39, 0.29) is 24.6 Å². The van der Waals surface area contributed by atoms with Crippen LogP contribution in [-0.2, 0) is 0 Å². The van der Waals surface area contributed by atoms with Crippen molar-refractivity contribution in [2.45, 2.75) is 38.0 Å². The highest BCUT2D eigenvalue weighted by molar-refractivity contribution is 7.18. The Hall–Kier alpha value is -2.20. The summed E-state index contributed by atoms with van der Waals surface area (Å²) in [6.07, 6.45) is -0.0643. The van der Waals surface area contributed by atoms with Crippen molar-refractivity contribution in [1.82, 2.24) is 15.5 Å². The molecule has 7 nitrogen and oxygen atoms in total. The molecule has 0 aliphatic carbocycles. The first-order valence-electron chi connectivity index (χ1n) is 8.14. The summed E-state index contributed by atoms with van der Waals surface area (Å²) in [6, 6.07) is -0.457. The number of aliphatic hydroxyl groups is 1. The minimum absolute atomic E-state index is 0.00158. The van der Waals surface area contributed by atoms with Gasteiger partial charge in [0.2, 0.25) is 0 Å². The third kappa shape index (κ3) is 3.03. The van der Waals surface area contributed by atoms with Gasteiger partial charge in [0, 0.05) is 24.3 Å². The van der Waals surface area contributed by atoms with Gasteiger partial charge in [-0.15, -0.1) is 11.3 Å². The zero-order chi connectivity index (χ0) is 18.7. The molecule has 0 spiro atoms. The van der Waals surface area contributed by atoms with Crippen molar-refractivity contribution < 1.29 is 23.4 Å². The van der Waals surface area contributed by atoms with Crippen LogP contribution >= 0.6 is 11.3 Å². The van der Waals surface area contributed by atoms with Crippen molar-refractivity contribution in [1.29, 1.82) is 0 Å². The molecule has 0 fully saturated rings. The third-order valence-corrected chi connectivity index (χ3v) is 5.48. The highest BCUT2D eigenvalue weighted by Crippen LogP contribution is 2.52. The summed E-state index contributed by atoms with van der Waals surface area (Å²) in [7, 11) is 0. The van der Waals surface area contributed by atoms with Crippen LogP contribution in [0, 0.1) is 0 Å². The Labute approximate surface area is 152 Å². The van der Waals surface area contributed by atoms with E-state index in [1.165, 1.54) is 11.1 Å². The summed E-state index contributed by atoms with van der Waals surface area (Å²) in [6.45, 7) is 2.76. The molecule has 10 heteroatoms. The number of H-pyrrole nitrogens is 1. The van der Waals surface area contributed by atoms with Gasteiger partial charge < -0.3 is 20.1 Å². The number of carbonyl (C=O) groups is 1. The summed E-state index contributed by atoms with van der Waals surface area (Å²) >= 11 is 1.10. The number of aromatic amines is 1. The van der Waals surface area contributed by atoms with Crippen molar-refractivity contribution in [2.24, 2.45) is 0 Å². The number of hydrogen-bond acceptors (Lipinski definition) is 6. The zero-order valence-corrected chi connectivity index (χ0v) is 15.0. The molecule has 1 amide bonds. The van der Waals surface area contributed by atoms with Gasteiger partial charge in [-0.25, -0.2) is 0 Å². The Balaban J connectivity index is 1.80. The Morgan fingerprint density at radius 2 is 2.27 bits per heavy atom. The monoisotopic (exact) mass is 384 g/mol. The fourth-order valence-electron chi connectivity index (χ4n) is 3.43. The predicted molar refractivity (Wildman–Crippen MR) is 91.9 cm³/mol. The van der Waals surface area contributed by atoms with Crippen LogP contribution in [0.1, 0.15) is 29.9 Å². The van der Waals surface area contributed by atoms with Crippen LogP contribution in [0.25, 0.3) is 10.4 Å². The lowest BCUT2D eigenvalue weighted by Gasteiger charge is -2.36. The quantitative estimate of drug-likeness (QED) is 0.755. The Kier molecular flexibility index (Phi) is 3.74. The minimum atomic E-state index is -3.38. The number of alkyl halides is 2. The van der Waals surface area contributed by atoms with Gasteiger partial charge >= 0.3 is 6.11 Å². The van der Waals surface area contributed by atoms with E-state index in [0.717, 1.165) is 11.3 Å². The summed E-state index contributed by atoms with van der Waals surface area (Å²) in [5, 5.41) is 19.4. The first-order chi connectivity index (χ1) is 12.1. The molecule has 0 unspecified atom stereocenters. The van der Waals surface area contributed by atoms with Gasteiger partial charge in [0.05, 0.1) is 16.7 Å². The van der Waals surface area contributed by atoms with Gasteiger partial charge in [-0.1, -0.05) is 0 Å². The summed E-state index contributed by atoms with van der Waals surface area (Å²) in [4.78, 5) is 14.9. The normalized spacial score (nSPS) is 21.7. The maximum absolute atomic E-state index is 14.2. The van der Waals surface area contributed by atoms with E-state index in [1.54, 1.807) is 20.0 Å². The van der Waals surface area contributed by atoms with Crippen molar-refractivity contribution in [2.75, 3.05) is 18.0 Å². The molecule has 2 aromatic heterocycles. The topological polar surface area (TPSA) is 90.5 Å². The van der Waals surface area contributed by atoms with Gasteiger partial charge in [0.25, 0.3) is 5.91 Å². The van der Waals surface area contributed by atoms with E-state index in [9.17, 15) is 18.7 Å². The number of carbonyl (C=O) groups excluding carboxylic acids is 1. The SMILES string of the molecule is CC(C)(O)C[C@@H]1CN2CC(F)(F)Oc3c(-c4cn[nH]c4)sc(c32)C(=O)N1. The molecule has 4 rings (SSSR count). The molecule has 0 saturated heterocycles. The standard InChI is InChI=1S/C16H18F2N4O3S/c1-15(2,24)3-9-6-22-7-16(17,18)25-11-10(22)13(14(23)21-9)26-12(11)8-4-19-20-5-8/h4-5,9,24H,3,6-7H2,1-2H3,(H,19,20)(H,21,23)/t9-/m1/s1. The number of rotatable bonds is 3. The van der Waals surface area contributed by atoms with Gasteiger partial charge in [0.15, 0.2) is 5.75 Å². The first-order valence-corrected chi connectivity index (χ1v) is 8.95. The van der Waals surface area contributed by atoms with Gasteiger partial charge in [0.1, 0.15) is 17.1 Å². The molecule has 0 saturated carbocycles. The molecule has 0 bridgehead atoms. The highest BCUT2D eigenvalue weighted by Gasteiger charge is 2.47. The van der Waals surface area contributed by atoms with E-state index in [4.69, 9.17) is 4.74 Å². The number of amides is 1. The number of nitrogens with zero attached hydrogens (tertiary/aromatic N) is 2. The van der Waals surface area contributed by atoms with Crippen LogP contribution < -0.4 is 15.0 Å². The molecule has 0 aromatic carbocycles. The average Bonchev–Trinajstić information content (AvgIpc) is 3.08. The molecule has 1 atom stereocenters. The third-order valence-electron chi connectivity index (χ3n) is 4.27. The number of aromatic nitrogens is 2. The van der Waals surface area contributed by atoms with Gasteiger partial charge in [-0.2, -0.15) is 13.9 Å². The molecule has 2 aliphatic rings. The fourth-order valence-corrected chi connectivity index (χ4v) is 4.56. The van der Waals surface area contributed by atoms with E-state index < -0.39 is 24.3 Å². The minimum Gasteiger partial charge on any atom is -0.427 e. The smallest absolute Gasteiger partial charge is 0.416 e. The highest BCUT2D eigenvalue weighted by atomic mass is 32.1. The number of anilines is 1. The van der Waals surface area contributed by atoms with E-state index >= 15 is 0 Å². The second-order valence-corrected chi connectivity index (χ2v) is 8.25. The fraction of sp³-hybridized carbons (Fsp3) is 0.500. The van der Waals surface area contributed by atoms with Crippen LogP contribution in [0.5, 0.6) is 5.75 Å². The van der Waals surface area contributed by atoms with Gasteiger partial charge in [-0.3, -0.25) is 9.89 Å². The average molecular weight is 384 g/mol. The largest absolute Gasteiger partial charge is 0.427 e. The van der Waals surface area contributed by atoms with Crippen LogP contribution in [0.4, 0.5) is 14.5 Å². The Morgan fingerprint density at radius 1 is 1.50 bits per heavy atom. The lowest BCUT2D eigenvalue weighted by molar-refractivity contribution is -0.171. The van der Waals surface area contributed by atoms with Gasteiger partial charge in [-0.05, 0) is 20.3 Å². The second kappa shape index (κ2) is 5.65. The first kappa shape index (κ1) is 17.2. The molecule has 2 aromatic rings. The molecule has 140 valence electrons. The Morgan fingerprint density at radius 3 is 2.92 bits per heavy atom. The second-order valence-electron chi connectivity index (χ2n) is 7.23. The zero-order valence-electron chi connectivity index (χ0n) is 14.2. The van der Waals surface area contributed by atoms with E-state index in [0.29, 0.717) is 21.0 Å². The van der Waals surface area contributed by atoms with E-state index in [2.05, 4.69) is 15.5 Å². The van der Waals surface area contributed by atoms with Crippen LogP contribution in [-0.4, -0.2) is 52.1 Å². The van der Waals surface area contributed by atoms with Crippen LogP contribution in [0.3, 0.4) is 0 Å². The number of hydrogen-bond donors (Lipinski definition) is 3. The lowest BCUT2D eigenvalue weighted by Crippen LogP contribution is -2.50. The van der Waals surface area contributed by atoms with E-state index in [1.807, 2.05) is 0 Å². The molecule has 0 radical (unpaired) electrons. The van der Waals surface area contributed by atoms with Crippen molar-refractivity contribution >= 4 is 22.9 Å². The Bertz CT molecular complexity index is 845. The molecule has 4 heterocycles. The maximum atomic E-state index is 14.2. The molecule has 2 aliphatic heterocycles. The number of nitrogens with one attached hydrogen (secondary N) is 2. The molecular weight excluding hydrogens is 366 g/mol. The summed E-state index contributed by atoms with van der Waals surface area (Å²) in [5.74, 6) is -0.353. The summed E-state index contributed by atoms with van der Waals surface area (Å²) in [5.41, 5.74) is -0.0700. The predicted octanol–water partition coefficient (Wildman–Crippen LogP) is 2.20. The van der Waals surface area contributed by atoms with Crippen LogP contribution in [0.2, 0.25) is 0 Å². The van der Waals surface area contributed by atoms with Crippen molar-refractivity contribution in [3.8, 4) is 16.2 Å². The molecule has 26 heavy (non-hydrogen) atoms. The maximum Gasteiger partial charge on any atom is 0.416 e. The number of halogens is 2. The van der Waals surface area contributed by atoms with Crippen LogP contribution in [0.15, 0.2) is 12.4 Å². The number of ether oxygens (including phenoxy) is 1. The molecule has 3 N–H and O–H groups in total. The number of thiophene rings is 1. The van der Waals surface area contributed by atoms with Crippen molar-refractivity contribution in [3.05, 3.63) is 17.3 Å². The lowest BCUT2D eigenvalue weighted by atomic mass is 9.99. The summed E-state index contributed by atoms with van der Waals surface area (Å²) < 4.78 is 33.4. The van der Waals surface area contributed by atoms with Crippen molar-refractivity contribution in [3.63, 3.8) is 0 Å². The molecular formula is C16H18F2N4O3S.